The minimum atomic E-state index is -3.45. The Morgan fingerprint density at radius 2 is 1.76 bits per heavy atom. The number of amides is 1. The summed E-state index contributed by atoms with van der Waals surface area (Å²) in [4.78, 5) is 16.5. The number of hydrogen-bond donors (Lipinski definition) is 1. The fourth-order valence-corrected chi connectivity index (χ4v) is 4.16. The lowest BCUT2D eigenvalue weighted by atomic mass is 10.2. The van der Waals surface area contributed by atoms with Gasteiger partial charge in [0.15, 0.2) is 9.84 Å². The predicted molar refractivity (Wildman–Crippen MR) is 99.3 cm³/mol. The number of benzene rings is 2. The average molecular weight is 372 g/mol. The largest absolute Gasteiger partial charge is 0.326 e. The van der Waals surface area contributed by atoms with Crippen LogP contribution in [0.3, 0.4) is 0 Å². The average Bonchev–Trinajstić information content (AvgIpc) is 3.16. The minimum Gasteiger partial charge on any atom is -0.326 e. The van der Waals surface area contributed by atoms with Gasteiger partial charge in [0.25, 0.3) is 0 Å². The van der Waals surface area contributed by atoms with Crippen molar-refractivity contribution in [3.63, 3.8) is 0 Å². The Bertz CT molecular complexity index is 936. The Hall–Kier alpha value is -2.51. The fraction of sp³-hybridized carbons (Fsp3) is 0.111. The van der Waals surface area contributed by atoms with Crippen LogP contribution in [-0.2, 0) is 14.6 Å². The molecule has 1 amide bonds. The molecule has 7 heteroatoms. The smallest absolute Gasteiger partial charge is 0.225 e. The van der Waals surface area contributed by atoms with Crippen LogP contribution in [0.15, 0.2) is 71.1 Å². The zero-order valence-corrected chi connectivity index (χ0v) is 14.9. The molecule has 25 heavy (non-hydrogen) atoms. The maximum atomic E-state index is 12.2. The minimum absolute atomic E-state index is 0.0918. The summed E-state index contributed by atoms with van der Waals surface area (Å²) in [5, 5.41) is 5.53. The van der Waals surface area contributed by atoms with Crippen LogP contribution >= 0.6 is 11.3 Å². The molecular formula is C18H16N2O3S2. The molecule has 0 fully saturated rings. The quantitative estimate of drug-likeness (QED) is 0.717. The number of nitrogens with zero attached hydrogens (tertiary/aromatic N) is 1. The molecule has 0 aliphatic rings. The number of thiazole rings is 1. The van der Waals surface area contributed by atoms with Gasteiger partial charge in [-0.1, -0.05) is 18.2 Å². The van der Waals surface area contributed by atoms with Crippen molar-refractivity contribution in [2.75, 3.05) is 11.1 Å². The highest BCUT2D eigenvalue weighted by atomic mass is 32.2. The van der Waals surface area contributed by atoms with E-state index in [0.29, 0.717) is 5.69 Å². The van der Waals surface area contributed by atoms with E-state index in [1.165, 1.54) is 23.5 Å². The highest BCUT2D eigenvalue weighted by Gasteiger charge is 2.16. The van der Waals surface area contributed by atoms with Crippen LogP contribution in [0.2, 0.25) is 0 Å². The molecule has 3 aromatic rings. The molecule has 0 aliphatic carbocycles. The van der Waals surface area contributed by atoms with Crippen LogP contribution in [0.5, 0.6) is 0 Å². The lowest BCUT2D eigenvalue weighted by molar-refractivity contribution is -0.115. The third-order valence-electron chi connectivity index (χ3n) is 3.55. The van der Waals surface area contributed by atoms with E-state index in [1.807, 2.05) is 17.5 Å². The molecule has 0 radical (unpaired) electrons. The standard InChI is InChI=1S/C18H16N2O3S2/c21-17(10-13-25(22,23)16-4-2-1-3-5-16)20-15-8-6-14(7-9-15)18-19-11-12-24-18/h1-9,11-12H,10,13H2,(H,20,21). The van der Waals surface area contributed by atoms with Gasteiger partial charge in [-0.2, -0.15) is 0 Å². The van der Waals surface area contributed by atoms with Gasteiger partial charge < -0.3 is 5.32 Å². The third-order valence-corrected chi connectivity index (χ3v) is 6.10. The van der Waals surface area contributed by atoms with E-state index in [4.69, 9.17) is 0 Å². The van der Waals surface area contributed by atoms with Gasteiger partial charge in [-0.25, -0.2) is 13.4 Å². The summed E-state index contributed by atoms with van der Waals surface area (Å²) in [6, 6.07) is 15.4. The molecule has 2 aromatic carbocycles. The molecule has 128 valence electrons. The molecule has 1 N–H and O–H groups in total. The Balaban J connectivity index is 1.58. The maximum Gasteiger partial charge on any atom is 0.225 e. The second-order valence-electron chi connectivity index (χ2n) is 5.34. The van der Waals surface area contributed by atoms with E-state index in [0.717, 1.165) is 10.6 Å². The molecule has 0 bridgehead atoms. The van der Waals surface area contributed by atoms with Crippen LogP contribution in [0.25, 0.3) is 10.6 Å². The third kappa shape index (κ3) is 4.52. The second kappa shape index (κ2) is 7.58. The summed E-state index contributed by atoms with van der Waals surface area (Å²) in [5.41, 5.74) is 1.60. The molecule has 1 aromatic heterocycles. The van der Waals surface area contributed by atoms with Crippen molar-refractivity contribution in [2.24, 2.45) is 0 Å². The summed E-state index contributed by atoms with van der Waals surface area (Å²) >= 11 is 1.54. The van der Waals surface area contributed by atoms with Crippen molar-refractivity contribution in [1.29, 1.82) is 0 Å². The van der Waals surface area contributed by atoms with Crippen LogP contribution < -0.4 is 5.32 Å². The van der Waals surface area contributed by atoms with Crippen molar-refractivity contribution in [1.82, 2.24) is 4.98 Å². The van der Waals surface area contributed by atoms with Crippen LogP contribution in [0.1, 0.15) is 6.42 Å². The van der Waals surface area contributed by atoms with Gasteiger partial charge in [0.05, 0.1) is 10.6 Å². The Morgan fingerprint density at radius 1 is 1.04 bits per heavy atom. The number of aromatic nitrogens is 1. The first-order chi connectivity index (χ1) is 12.0. The lowest BCUT2D eigenvalue weighted by Gasteiger charge is -2.07. The molecule has 0 saturated heterocycles. The summed E-state index contributed by atoms with van der Waals surface area (Å²) in [5.74, 6) is -0.554. The first-order valence-electron chi connectivity index (χ1n) is 7.62. The van der Waals surface area contributed by atoms with E-state index < -0.39 is 9.84 Å². The second-order valence-corrected chi connectivity index (χ2v) is 8.35. The maximum absolute atomic E-state index is 12.2. The summed E-state index contributed by atoms with van der Waals surface area (Å²) in [7, 11) is -3.45. The zero-order chi connectivity index (χ0) is 17.7. The molecule has 3 rings (SSSR count). The Kier molecular flexibility index (Phi) is 5.25. The highest BCUT2D eigenvalue weighted by molar-refractivity contribution is 7.91. The summed E-state index contributed by atoms with van der Waals surface area (Å²) < 4.78 is 24.4. The van der Waals surface area contributed by atoms with Gasteiger partial charge in [-0.05, 0) is 36.4 Å². The number of rotatable bonds is 6. The number of sulfone groups is 1. The van der Waals surface area contributed by atoms with Crippen molar-refractivity contribution in [2.45, 2.75) is 11.3 Å². The molecule has 5 nitrogen and oxygen atoms in total. The Labute approximate surface area is 150 Å². The van der Waals surface area contributed by atoms with E-state index >= 15 is 0 Å². The van der Waals surface area contributed by atoms with Crippen LogP contribution in [-0.4, -0.2) is 25.1 Å². The van der Waals surface area contributed by atoms with E-state index in [1.54, 1.807) is 36.5 Å². The normalized spacial score (nSPS) is 11.2. The number of anilines is 1. The molecule has 0 unspecified atom stereocenters. The van der Waals surface area contributed by atoms with E-state index in [2.05, 4.69) is 10.3 Å². The molecular weight excluding hydrogens is 356 g/mol. The first kappa shape index (κ1) is 17.3. The summed E-state index contributed by atoms with van der Waals surface area (Å²) in [6.45, 7) is 0. The monoisotopic (exact) mass is 372 g/mol. The van der Waals surface area contributed by atoms with Gasteiger partial charge in [-0.3, -0.25) is 4.79 Å². The fourth-order valence-electron chi connectivity index (χ4n) is 2.26. The number of nitrogens with one attached hydrogen (secondary N) is 1. The highest BCUT2D eigenvalue weighted by Crippen LogP contribution is 2.23. The summed E-state index contributed by atoms with van der Waals surface area (Å²) in [6.07, 6.45) is 1.65. The molecule has 0 saturated carbocycles. The van der Waals surface area contributed by atoms with Gasteiger partial charge in [0.1, 0.15) is 5.01 Å². The topological polar surface area (TPSA) is 76.1 Å². The lowest BCUT2D eigenvalue weighted by Crippen LogP contribution is -2.17. The van der Waals surface area contributed by atoms with Gasteiger partial charge in [0, 0.05) is 29.2 Å². The predicted octanol–water partition coefficient (Wildman–Crippen LogP) is 3.61. The van der Waals surface area contributed by atoms with Crippen LogP contribution in [0.4, 0.5) is 5.69 Å². The van der Waals surface area contributed by atoms with E-state index in [9.17, 15) is 13.2 Å². The van der Waals surface area contributed by atoms with Crippen molar-refractivity contribution in [3.8, 4) is 10.6 Å². The van der Waals surface area contributed by atoms with Crippen molar-refractivity contribution < 1.29 is 13.2 Å². The van der Waals surface area contributed by atoms with E-state index in [-0.39, 0.29) is 23.0 Å². The zero-order valence-electron chi connectivity index (χ0n) is 13.3. The molecule has 0 aliphatic heterocycles. The first-order valence-corrected chi connectivity index (χ1v) is 10.2. The molecule has 1 heterocycles. The molecule has 0 spiro atoms. The van der Waals surface area contributed by atoms with Crippen LogP contribution in [0, 0.1) is 0 Å². The van der Waals surface area contributed by atoms with Crippen molar-refractivity contribution >= 4 is 32.8 Å². The Morgan fingerprint density at radius 3 is 2.40 bits per heavy atom. The number of hydrogen-bond acceptors (Lipinski definition) is 5. The van der Waals surface area contributed by atoms with Gasteiger partial charge in [0.2, 0.25) is 5.91 Å². The number of carbonyl (C=O) groups excluding carboxylic acids is 1. The SMILES string of the molecule is O=C(CCS(=O)(=O)c1ccccc1)Nc1ccc(-c2nccs2)cc1. The molecule has 0 atom stereocenters. The van der Waals surface area contributed by atoms with Crippen molar-refractivity contribution in [3.05, 3.63) is 66.2 Å². The van der Waals surface area contributed by atoms with Gasteiger partial charge >= 0.3 is 0 Å². The van der Waals surface area contributed by atoms with Gasteiger partial charge in [-0.15, -0.1) is 11.3 Å². The number of carbonyl (C=O) groups is 1.